The normalized spacial score (nSPS) is 22.8. The Kier molecular flexibility index (Phi) is 5.76. The molecule has 0 saturated carbocycles. The molecule has 154 valence electrons. The van der Waals surface area contributed by atoms with E-state index in [-0.39, 0.29) is 5.69 Å². The lowest BCUT2D eigenvalue weighted by atomic mass is 9.85. The van der Waals surface area contributed by atoms with Gasteiger partial charge in [0, 0.05) is 6.07 Å². The average molecular weight is 406 g/mol. The number of carbonyl (C=O) groups excluding carboxylic acids is 4. The Bertz CT molecular complexity index is 875. The molecule has 0 radical (unpaired) electrons. The third-order valence-electron chi connectivity index (χ3n) is 5.12. The second-order valence-corrected chi connectivity index (χ2v) is 7.07. The van der Waals surface area contributed by atoms with Gasteiger partial charge in [-0.15, -0.1) is 0 Å². The molecule has 7 nitrogen and oxygen atoms in total. The Labute approximate surface area is 165 Å². The van der Waals surface area contributed by atoms with E-state index in [1.54, 1.807) is 0 Å². The zero-order chi connectivity index (χ0) is 21.3. The molecule has 1 aliphatic heterocycles. The summed E-state index contributed by atoms with van der Waals surface area (Å²) in [6, 6.07) is 1.42. The third kappa shape index (κ3) is 4.03. The summed E-state index contributed by atoms with van der Waals surface area (Å²) in [5, 5.41) is 2.20. The lowest BCUT2D eigenvalue weighted by molar-refractivity contribution is -0.163. The number of halogens is 2. The van der Waals surface area contributed by atoms with Crippen molar-refractivity contribution in [3.05, 3.63) is 42.0 Å². The van der Waals surface area contributed by atoms with E-state index in [4.69, 9.17) is 4.74 Å². The Morgan fingerprint density at radius 1 is 1.10 bits per heavy atom. The Balaban J connectivity index is 1.62. The van der Waals surface area contributed by atoms with E-state index in [2.05, 4.69) is 5.32 Å². The zero-order valence-electron chi connectivity index (χ0n) is 15.9. The number of anilines is 1. The molecule has 9 heteroatoms. The molecule has 2 aliphatic rings. The lowest BCUT2D eigenvalue weighted by Crippen LogP contribution is -2.46. The van der Waals surface area contributed by atoms with Crippen molar-refractivity contribution in [2.45, 2.75) is 38.8 Å². The van der Waals surface area contributed by atoms with Crippen molar-refractivity contribution >= 4 is 29.4 Å². The van der Waals surface area contributed by atoms with E-state index < -0.39 is 59.3 Å². The monoisotopic (exact) mass is 406 g/mol. The smallest absolute Gasteiger partial charge is 0.329 e. The predicted octanol–water partition coefficient (Wildman–Crippen LogP) is 2.17. The molecular formula is C20H20F2N2O5. The van der Waals surface area contributed by atoms with Crippen molar-refractivity contribution in [1.29, 1.82) is 0 Å². The van der Waals surface area contributed by atoms with Gasteiger partial charge in [0.1, 0.15) is 17.7 Å². The first kappa shape index (κ1) is 20.6. The number of likely N-dealkylation sites (tertiary alicyclic amines) is 1. The fourth-order valence-electron chi connectivity index (χ4n) is 3.46. The first-order valence-electron chi connectivity index (χ1n) is 9.19. The van der Waals surface area contributed by atoms with Gasteiger partial charge in [-0.3, -0.25) is 19.3 Å². The van der Waals surface area contributed by atoms with Gasteiger partial charge in [0.25, 0.3) is 5.91 Å². The van der Waals surface area contributed by atoms with Crippen LogP contribution in [0.2, 0.25) is 0 Å². The number of esters is 1. The Morgan fingerprint density at radius 2 is 1.69 bits per heavy atom. The minimum Gasteiger partial charge on any atom is -0.451 e. The predicted molar refractivity (Wildman–Crippen MR) is 97.2 cm³/mol. The van der Waals surface area contributed by atoms with Crippen molar-refractivity contribution in [3.8, 4) is 0 Å². The van der Waals surface area contributed by atoms with Crippen LogP contribution < -0.4 is 5.32 Å². The van der Waals surface area contributed by atoms with E-state index in [0.717, 1.165) is 17.0 Å². The number of fused-ring (bicyclic) bond motifs is 1. The van der Waals surface area contributed by atoms with E-state index in [1.165, 1.54) is 13.8 Å². The quantitative estimate of drug-likeness (QED) is 0.460. The maximum absolute atomic E-state index is 13.7. The molecule has 0 bridgehead atoms. The maximum Gasteiger partial charge on any atom is 0.329 e. The van der Waals surface area contributed by atoms with Crippen LogP contribution in [0.1, 0.15) is 26.7 Å². The van der Waals surface area contributed by atoms with Gasteiger partial charge in [-0.1, -0.05) is 12.2 Å². The number of carbonyl (C=O) groups is 4. The van der Waals surface area contributed by atoms with Crippen LogP contribution in [0, 0.1) is 23.5 Å². The van der Waals surface area contributed by atoms with E-state index in [1.807, 2.05) is 12.2 Å². The van der Waals surface area contributed by atoms with Crippen molar-refractivity contribution < 1.29 is 32.7 Å². The number of benzene rings is 1. The molecule has 1 saturated heterocycles. The van der Waals surface area contributed by atoms with Gasteiger partial charge in [0.15, 0.2) is 6.10 Å². The van der Waals surface area contributed by atoms with Crippen molar-refractivity contribution in [3.63, 3.8) is 0 Å². The molecule has 0 unspecified atom stereocenters. The molecule has 1 N–H and O–H groups in total. The van der Waals surface area contributed by atoms with E-state index >= 15 is 0 Å². The van der Waals surface area contributed by atoms with E-state index in [9.17, 15) is 28.0 Å². The molecule has 29 heavy (non-hydrogen) atoms. The van der Waals surface area contributed by atoms with Crippen LogP contribution in [-0.2, 0) is 23.9 Å². The van der Waals surface area contributed by atoms with Crippen LogP contribution in [-0.4, -0.2) is 40.7 Å². The summed E-state index contributed by atoms with van der Waals surface area (Å²) < 4.78 is 31.7. The van der Waals surface area contributed by atoms with Gasteiger partial charge >= 0.3 is 5.97 Å². The number of hydrogen-bond acceptors (Lipinski definition) is 5. The van der Waals surface area contributed by atoms with Crippen LogP contribution in [0.5, 0.6) is 0 Å². The summed E-state index contributed by atoms with van der Waals surface area (Å²) in [4.78, 5) is 50.5. The highest BCUT2D eigenvalue weighted by Gasteiger charge is 2.50. The number of amides is 3. The third-order valence-corrected chi connectivity index (χ3v) is 5.12. The molecule has 4 atom stereocenters. The highest BCUT2D eigenvalue weighted by atomic mass is 19.1. The number of nitrogens with zero attached hydrogens (tertiary/aromatic N) is 1. The number of rotatable bonds is 5. The minimum absolute atomic E-state index is 0.270. The second kappa shape index (κ2) is 8.10. The molecule has 3 amide bonds. The first-order valence-corrected chi connectivity index (χ1v) is 9.19. The zero-order valence-corrected chi connectivity index (χ0v) is 15.9. The molecule has 0 aromatic heterocycles. The summed E-state index contributed by atoms with van der Waals surface area (Å²) in [6.07, 6.45) is 3.22. The van der Waals surface area contributed by atoms with Crippen LogP contribution >= 0.6 is 0 Å². The molecule has 1 aromatic rings. The number of hydrogen-bond donors (Lipinski definition) is 1. The lowest BCUT2D eigenvalue weighted by Gasteiger charge is -2.23. The first-order chi connectivity index (χ1) is 13.7. The number of ether oxygens (including phenoxy) is 1. The summed E-state index contributed by atoms with van der Waals surface area (Å²) in [5.74, 6) is -5.37. The molecule has 0 spiro atoms. The van der Waals surface area contributed by atoms with E-state index in [0.29, 0.717) is 18.9 Å². The topological polar surface area (TPSA) is 92.8 Å². The number of allylic oxidation sites excluding steroid dienone is 2. The largest absolute Gasteiger partial charge is 0.451 e. The summed E-state index contributed by atoms with van der Waals surface area (Å²) in [5.41, 5.74) is -0.270. The SMILES string of the molecule is C[C@H](OC(=O)[C@H](C)N1C(=O)[C@H]2CC=CC[C@H]2C1=O)C(=O)Nc1ccc(F)cc1F. The van der Waals surface area contributed by atoms with Crippen LogP contribution in [0.15, 0.2) is 30.4 Å². The molecule has 1 heterocycles. The summed E-state index contributed by atoms with van der Waals surface area (Å²) in [6.45, 7) is 2.62. The summed E-state index contributed by atoms with van der Waals surface area (Å²) in [7, 11) is 0. The Hall–Kier alpha value is -3.10. The summed E-state index contributed by atoms with van der Waals surface area (Å²) >= 11 is 0. The van der Waals surface area contributed by atoms with Crippen molar-refractivity contribution in [1.82, 2.24) is 4.90 Å². The molecule has 1 aromatic carbocycles. The van der Waals surface area contributed by atoms with Gasteiger partial charge in [-0.05, 0) is 38.8 Å². The van der Waals surface area contributed by atoms with Crippen molar-refractivity contribution in [2.24, 2.45) is 11.8 Å². The highest BCUT2D eigenvalue weighted by Crippen LogP contribution is 2.36. The van der Waals surface area contributed by atoms with Gasteiger partial charge < -0.3 is 10.1 Å². The minimum atomic E-state index is -1.33. The van der Waals surface area contributed by atoms with Crippen LogP contribution in [0.3, 0.4) is 0 Å². The average Bonchev–Trinajstić information content (AvgIpc) is 2.94. The number of imide groups is 1. The standard InChI is InChI=1S/C20H20F2N2O5/c1-10(24-18(26)13-5-3-4-6-14(13)19(24)27)20(28)29-11(2)17(25)23-16-8-7-12(21)9-15(16)22/h3-4,7-11,13-14H,5-6H2,1-2H3,(H,23,25)/t10-,11-,13-,14+/m0/s1. The number of nitrogens with one attached hydrogen (secondary N) is 1. The molecule has 3 rings (SSSR count). The van der Waals surface area contributed by atoms with Gasteiger partial charge in [-0.25, -0.2) is 13.6 Å². The highest BCUT2D eigenvalue weighted by molar-refractivity contribution is 6.08. The molecular weight excluding hydrogens is 386 g/mol. The second-order valence-electron chi connectivity index (χ2n) is 7.07. The van der Waals surface area contributed by atoms with Gasteiger partial charge in [-0.2, -0.15) is 0 Å². The van der Waals surface area contributed by atoms with Gasteiger partial charge in [0.05, 0.1) is 17.5 Å². The molecule has 1 aliphatic carbocycles. The van der Waals surface area contributed by atoms with Crippen LogP contribution in [0.4, 0.5) is 14.5 Å². The van der Waals surface area contributed by atoms with Crippen molar-refractivity contribution in [2.75, 3.05) is 5.32 Å². The fourth-order valence-corrected chi connectivity index (χ4v) is 3.46. The van der Waals surface area contributed by atoms with Crippen LogP contribution in [0.25, 0.3) is 0 Å². The maximum atomic E-state index is 13.7. The van der Waals surface area contributed by atoms with Gasteiger partial charge in [0.2, 0.25) is 11.8 Å². The molecule has 1 fully saturated rings. The Morgan fingerprint density at radius 3 is 2.24 bits per heavy atom. The fraction of sp³-hybridized carbons (Fsp3) is 0.400.